The van der Waals surface area contributed by atoms with Gasteiger partial charge in [-0.1, -0.05) is 30.3 Å². The third-order valence-corrected chi connectivity index (χ3v) is 4.40. The number of carbonyl (C=O) groups is 1. The molecular weight excluding hydrogens is 329 g/mol. The first-order valence-electron chi connectivity index (χ1n) is 8.67. The molecule has 1 aliphatic heterocycles. The number of amides is 1. The molecule has 0 fully saturated rings. The van der Waals surface area contributed by atoms with Gasteiger partial charge in [0.2, 0.25) is 0 Å². The highest BCUT2D eigenvalue weighted by atomic mass is 19.1. The first-order chi connectivity index (χ1) is 12.7. The van der Waals surface area contributed by atoms with Crippen molar-refractivity contribution in [3.05, 3.63) is 77.2 Å². The number of nitriles is 1. The Bertz CT molecular complexity index is 870. The second kappa shape index (κ2) is 8.30. The fourth-order valence-corrected chi connectivity index (χ4v) is 3.12. The van der Waals surface area contributed by atoms with Crippen molar-refractivity contribution in [2.45, 2.75) is 19.3 Å². The summed E-state index contributed by atoms with van der Waals surface area (Å²) in [4.78, 5) is 14.4. The number of nitrogens with one attached hydrogen (secondary N) is 1. The fraction of sp³-hybridized carbons (Fsp3) is 0.238. The summed E-state index contributed by atoms with van der Waals surface area (Å²) in [6.45, 7) is 1.12. The zero-order chi connectivity index (χ0) is 18.4. The predicted molar refractivity (Wildman–Crippen MR) is 98.9 cm³/mol. The van der Waals surface area contributed by atoms with Gasteiger partial charge in [-0.05, 0) is 48.6 Å². The van der Waals surface area contributed by atoms with Gasteiger partial charge >= 0.3 is 0 Å². The van der Waals surface area contributed by atoms with Crippen molar-refractivity contribution in [2.75, 3.05) is 18.0 Å². The van der Waals surface area contributed by atoms with E-state index in [1.165, 1.54) is 18.3 Å². The number of carbonyl (C=O) groups excluding carboxylic acids is 1. The lowest BCUT2D eigenvalue weighted by molar-refractivity contribution is -0.114. The molecule has 0 atom stereocenters. The molecule has 1 heterocycles. The highest BCUT2D eigenvalue weighted by molar-refractivity contribution is 6.08. The third-order valence-electron chi connectivity index (χ3n) is 4.40. The Morgan fingerprint density at radius 3 is 2.92 bits per heavy atom. The molecule has 1 N–H and O–H groups in total. The molecule has 0 saturated carbocycles. The molecule has 0 unspecified atom stereocenters. The monoisotopic (exact) mass is 349 g/mol. The Kier molecular flexibility index (Phi) is 5.65. The molecule has 132 valence electrons. The summed E-state index contributed by atoms with van der Waals surface area (Å²) in [5.74, 6) is -0.562. The van der Waals surface area contributed by atoms with Gasteiger partial charge in [0.25, 0.3) is 5.91 Å². The molecule has 0 spiro atoms. The summed E-state index contributed by atoms with van der Waals surface area (Å²) in [6.07, 6.45) is 3.89. The lowest BCUT2D eigenvalue weighted by Gasteiger charge is -2.29. The molecule has 5 heteroatoms. The van der Waals surface area contributed by atoms with Gasteiger partial charge in [0.05, 0.1) is 0 Å². The minimum Gasteiger partial charge on any atom is -0.389 e. The Morgan fingerprint density at radius 2 is 2.12 bits per heavy atom. The molecule has 0 saturated heterocycles. The van der Waals surface area contributed by atoms with Crippen LogP contribution in [0.15, 0.2) is 60.3 Å². The molecule has 0 aromatic heterocycles. The van der Waals surface area contributed by atoms with E-state index in [0.717, 1.165) is 29.7 Å². The topological polar surface area (TPSA) is 56.1 Å². The van der Waals surface area contributed by atoms with E-state index in [2.05, 4.69) is 5.32 Å². The largest absolute Gasteiger partial charge is 0.389 e. The van der Waals surface area contributed by atoms with Crippen LogP contribution in [0.3, 0.4) is 0 Å². The summed E-state index contributed by atoms with van der Waals surface area (Å²) in [7, 11) is 0. The van der Waals surface area contributed by atoms with Gasteiger partial charge in [-0.25, -0.2) is 4.39 Å². The van der Waals surface area contributed by atoms with Crippen LogP contribution in [0.5, 0.6) is 0 Å². The fourth-order valence-electron chi connectivity index (χ4n) is 3.12. The smallest absolute Gasteiger partial charge is 0.270 e. The summed E-state index contributed by atoms with van der Waals surface area (Å²) in [6, 6.07) is 16.2. The van der Waals surface area contributed by atoms with Crippen LogP contribution in [-0.4, -0.2) is 19.0 Å². The molecule has 2 aromatic carbocycles. The average Bonchev–Trinajstić information content (AvgIpc) is 2.67. The Balaban J connectivity index is 1.64. The van der Waals surface area contributed by atoms with E-state index in [1.807, 2.05) is 36.4 Å². The first kappa shape index (κ1) is 17.7. The van der Waals surface area contributed by atoms with Crippen molar-refractivity contribution in [3.8, 4) is 6.07 Å². The summed E-state index contributed by atoms with van der Waals surface area (Å²) in [5.41, 5.74) is 2.94. The number of fused-ring (bicyclic) bond motifs is 1. The van der Waals surface area contributed by atoms with Crippen molar-refractivity contribution in [1.29, 1.82) is 5.26 Å². The number of para-hydroxylation sites is 1. The van der Waals surface area contributed by atoms with Crippen molar-refractivity contribution in [1.82, 2.24) is 5.32 Å². The van der Waals surface area contributed by atoms with Crippen LogP contribution < -0.4 is 10.2 Å². The maximum Gasteiger partial charge on any atom is 0.270 e. The maximum atomic E-state index is 13.2. The van der Waals surface area contributed by atoms with E-state index in [4.69, 9.17) is 0 Å². The second-order valence-electron chi connectivity index (χ2n) is 6.19. The molecule has 3 rings (SSSR count). The summed E-state index contributed by atoms with van der Waals surface area (Å²) in [5, 5.41) is 12.4. The number of anilines is 1. The predicted octanol–water partition coefficient (Wildman–Crippen LogP) is 3.34. The van der Waals surface area contributed by atoms with Gasteiger partial charge in [0.15, 0.2) is 0 Å². The van der Waals surface area contributed by atoms with Gasteiger partial charge in [0, 0.05) is 25.0 Å². The van der Waals surface area contributed by atoms with Crippen LogP contribution in [0, 0.1) is 17.1 Å². The zero-order valence-corrected chi connectivity index (χ0v) is 14.4. The Morgan fingerprint density at radius 1 is 1.27 bits per heavy atom. The Hall–Kier alpha value is -3.13. The highest BCUT2D eigenvalue weighted by Crippen LogP contribution is 2.27. The van der Waals surface area contributed by atoms with Gasteiger partial charge in [-0.15, -0.1) is 0 Å². The van der Waals surface area contributed by atoms with Crippen LogP contribution in [0.2, 0.25) is 0 Å². The van der Waals surface area contributed by atoms with Gasteiger partial charge in [-0.3, -0.25) is 4.79 Å². The van der Waals surface area contributed by atoms with Gasteiger partial charge in [0.1, 0.15) is 17.5 Å². The van der Waals surface area contributed by atoms with Crippen LogP contribution in [-0.2, 0) is 17.6 Å². The quantitative estimate of drug-likeness (QED) is 0.512. The van der Waals surface area contributed by atoms with Crippen LogP contribution in [0.4, 0.5) is 10.1 Å². The number of hydrogen-bond donors (Lipinski definition) is 1. The second-order valence-corrected chi connectivity index (χ2v) is 6.19. The molecule has 1 amide bonds. The molecule has 4 nitrogen and oxygen atoms in total. The van der Waals surface area contributed by atoms with Crippen molar-refractivity contribution < 1.29 is 9.18 Å². The minimum atomic E-state index is -0.294. The average molecular weight is 349 g/mol. The number of hydrogen-bond acceptors (Lipinski definition) is 3. The van der Waals surface area contributed by atoms with Crippen molar-refractivity contribution >= 4 is 11.6 Å². The first-order valence-corrected chi connectivity index (χ1v) is 8.67. The zero-order valence-electron chi connectivity index (χ0n) is 14.4. The van der Waals surface area contributed by atoms with E-state index in [0.29, 0.717) is 19.5 Å². The molecular formula is C21H20FN3O. The molecule has 26 heavy (non-hydrogen) atoms. The molecule has 1 aliphatic rings. The van der Waals surface area contributed by atoms with E-state index < -0.39 is 0 Å². The van der Waals surface area contributed by atoms with Crippen LogP contribution in [0.1, 0.15) is 17.5 Å². The molecule has 0 aliphatic carbocycles. The van der Waals surface area contributed by atoms with E-state index in [9.17, 15) is 14.4 Å². The van der Waals surface area contributed by atoms with E-state index >= 15 is 0 Å². The number of nitrogens with zero attached hydrogens (tertiary/aromatic N) is 2. The minimum absolute atomic E-state index is 0.0703. The number of rotatable bonds is 5. The highest BCUT2D eigenvalue weighted by Gasteiger charge is 2.24. The van der Waals surface area contributed by atoms with Gasteiger partial charge in [-0.2, -0.15) is 5.26 Å². The Labute approximate surface area is 152 Å². The maximum absolute atomic E-state index is 13.2. The summed E-state index contributed by atoms with van der Waals surface area (Å²) < 4.78 is 13.2. The normalized spacial score (nSPS) is 13.7. The van der Waals surface area contributed by atoms with Crippen LogP contribution >= 0.6 is 0 Å². The molecule has 0 radical (unpaired) electrons. The third kappa shape index (κ3) is 4.09. The van der Waals surface area contributed by atoms with Crippen molar-refractivity contribution in [2.24, 2.45) is 0 Å². The molecule has 2 aromatic rings. The van der Waals surface area contributed by atoms with E-state index in [-0.39, 0.29) is 17.3 Å². The lowest BCUT2D eigenvalue weighted by atomic mass is 10.0. The summed E-state index contributed by atoms with van der Waals surface area (Å²) >= 11 is 0. The molecule has 0 bridgehead atoms. The van der Waals surface area contributed by atoms with Crippen molar-refractivity contribution in [3.63, 3.8) is 0 Å². The van der Waals surface area contributed by atoms with Gasteiger partial charge < -0.3 is 10.2 Å². The standard InChI is InChI=1S/C21H20FN3O/c22-19-8-3-5-16(13-19)10-11-24-15-18(14-23)21(26)25-12-4-7-17-6-1-2-9-20(17)25/h1-3,5-6,8-9,13,15,24H,4,7,10-12H2/b18-15-. The number of benzene rings is 2. The number of aryl methyl sites for hydroxylation is 1. The lowest BCUT2D eigenvalue weighted by Crippen LogP contribution is -2.36. The van der Waals surface area contributed by atoms with E-state index in [1.54, 1.807) is 11.0 Å². The van der Waals surface area contributed by atoms with Crippen LogP contribution in [0.25, 0.3) is 0 Å². The number of halogens is 1. The SMILES string of the molecule is N#C/C(=C/NCCc1cccc(F)c1)C(=O)N1CCCc2ccccc21.